The zero-order valence-electron chi connectivity index (χ0n) is 14.6. The third kappa shape index (κ3) is 5.41. The van der Waals surface area contributed by atoms with Crippen molar-refractivity contribution in [3.05, 3.63) is 66.1 Å². The number of aromatic nitrogens is 4. The Labute approximate surface area is 152 Å². The molecule has 0 fully saturated rings. The molecule has 0 saturated heterocycles. The number of para-hydroxylation sites is 1. The maximum atomic E-state index is 12.0. The lowest BCUT2D eigenvalue weighted by Crippen LogP contribution is -2.13. The van der Waals surface area contributed by atoms with Gasteiger partial charge in [0.05, 0.1) is 6.20 Å². The van der Waals surface area contributed by atoms with Crippen molar-refractivity contribution in [3.8, 4) is 5.75 Å². The molecule has 7 nitrogen and oxygen atoms in total. The number of pyridine rings is 1. The van der Waals surface area contributed by atoms with E-state index in [4.69, 9.17) is 4.74 Å². The van der Waals surface area contributed by atoms with Crippen LogP contribution >= 0.6 is 0 Å². The van der Waals surface area contributed by atoms with Gasteiger partial charge in [0, 0.05) is 19.2 Å². The molecular weight excluding hydrogens is 330 g/mol. The number of nitrogens with one attached hydrogen (secondary N) is 1. The van der Waals surface area contributed by atoms with Crippen LogP contribution in [-0.4, -0.2) is 25.9 Å². The molecular formula is C19H21N5O2. The van der Waals surface area contributed by atoms with Gasteiger partial charge in [0.25, 0.3) is 0 Å². The van der Waals surface area contributed by atoms with E-state index in [1.807, 2.05) is 55.6 Å². The summed E-state index contributed by atoms with van der Waals surface area (Å²) < 4.78 is 7.36. The fourth-order valence-electron chi connectivity index (χ4n) is 2.40. The highest BCUT2D eigenvalue weighted by molar-refractivity contribution is 5.89. The van der Waals surface area contributed by atoms with Crippen LogP contribution in [0.4, 0.5) is 5.82 Å². The molecule has 26 heavy (non-hydrogen) atoms. The summed E-state index contributed by atoms with van der Waals surface area (Å²) in [6, 6.07) is 13.3. The SMILES string of the molecule is Cc1ccnc(NC(=O)CCCn2cc(COc3ccccc3)nn2)c1. The zero-order chi connectivity index (χ0) is 18.2. The first-order valence-corrected chi connectivity index (χ1v) is 8.48. The van der Waals surface area contributed by atoms with Crippen LogP contribution in [0.25, 0.3) is 0 Å². The molecule has 0 atom stereocenters. The number of carbonyl (C=O) groups is 1. The number of aryl methyl sites for hydroxylation is 2. The van der Waals surface area contributed by atoms with Gasteiger partial charge in [-0.15, -0.1) is 5.10 Å². The first-order valence-electron chi connectivity index (χ1n) is 8.48. The number of rotatable bonds is 8. The summed E-state index contributed by atoms with van der Waals surface area (Å²) in [5, 5.41) is 10.9. The number of ether oxygens (including phenoxy) is 1. The smallest absolute Gasteiger partial charge is 0.225 e. The van der Waals surface area contributed by atoms with Gasteiger partial charge in [-0.2, -0.15) is 0 Å². The highest BCUT2D eigenvalue weighted by Crippen LogP contribution is 2.10. The number of nitrogens with zero attached hydrogens (tertiary/aromatic N) is 4. The molecule has 134 valence electrons. The van der Waals surface area contributed by atoms with Crippen molar-refractivity contribution >= 4 is 11.7 Å². The van der Waals surface area contributed by atoms with Gasteiger partial charge in [0.1, 0.15) is 23.9 Å². The Morgan fingerprint density at radius 3 is 2.88 bits per heavy atom. The number of benzene rings is 1. The third-order valence-corrected chi connectivity index (χ3v) is 3.69. The van der Waals surface area contributed by atoms with E-state index < -0.39 is 0 Å². The molecule has 3 rings (SSSR count). The van der Waals surface area contributed by atoms with Gasteiger partial charge in [0.15, 0.2) is 0 Å². The molecule has 3 aromatic rings. The molecule has 7 heteroatoms. The van der Waals surface area contributed by atoms with Crippen molar-refractivity contribution in [2.75, 3.05) is 5.32 Å². The first kappa shape index (κ1) is 17.6. The van der Waals surface area contributed by atoms with Crippen LogP contribution < -0.4 is 10.1 Å². The Hall–Kier alpha value is -3.22. The molecule has 1 amide bonds. The number of carbonyl (C=O) groups excluding carboxylic acids is 1. The van der Waals surface area contributed by atoms with Crippen molar-refractivity contribution < 1.29 is 9.53 Å². The summed E-state index contributed by atoms with van der Waals surface area (Å²) in [7, 11) is 0. The lowest BCUT2D eigenvalue weighted by atomic mass is 10.2. The minimum atomic E-state index is -0.0594. The van der Waals surface area contributed by atoms with Gasteiger partial charge >= 0.3 is 0 Å². The van der Waals surface area contributed by atoms with Gasteiger partial charge in [-0.05, 0) is 43.2 Å². The van der Waals surface area contributed by atoms with E-state index in [2.05, 4.69) is 20.6 Å². The molecule has 2 aromatic heterocycles. The summed E-state index contributed by atoms with van der Waals surface area (Å²) in [6.45, 7) is 2.94. The fourth-order valence-corrected chi connectivity index (χ4v) is 2.40. The topological polar surface area (TPSA) is 81.9 Å². The van der Waals surface area contributed by atoms with Crippen LogP contribution in [0.15, 0.2) is 54.9 Å². The summed E-state index contributed by atoms with van der Waals surface area (Å²) >= 11 is 0. The fraction of sp³-hybridized carbons (Fsp3) is 0.263. The number of anilines is 1. The number of hydrogen-bond donors (Lipinski definition) is 1. The molecule has 0 saturated carbocycles. The average molecular weight is 351 g/mol. The Bertz CT molecular complexity index is 848. The summed E-state index contributed by atoms with van der Waals surface area (Å²) in [5.41, 5.74) is 1.81. The maximum Gasteiger partial charge on any atom is 0.225 e. The largest absolute Gasteiger partial charge is 0.487 e. The number of amides is 1. The predicted octanol–water partition coefficient (Wildman–Crippen LogP) is 2.98. The quantitative estimate of drug-likeness (QED) is 0.675. The van der Waals surface area contributed by atoms with E-state index in [9.17, 15) is 4.79 Å². The molecule has 0 aliphatic rings. The second-order valence-corrected chi connectivity index (χ2v) is 5.94. The van der Waals surface area contributed by atoms with Crippen LogP contribution in [0.1, 0.15) is 24.1 Å². The predicted molar refractivity (Wildman–Crippen MR) is 97.6 cm³/mol. The van der Waals surface area contributed by atoms with Crippen molar-refractivity contribution in [3.63, 3.8) is 0 Å². The van der Waals surface area contributed by atoms with Crippen molar-refractivity contribution in [2.24, 2.45) is 0 Å². The van der Waals surface area contributed by atoms with E-state index in [1.54, 1.807) is 10.9 Å². The lowest BCUT2D eigenvalue weighted by molar-refractivity contribution is -0.116. The molecule has 0 aliphatic heterocycles. The summed E-state index contributed by atoms with van der Waals surface area (Å²) in [6.07, 6.45) is 4.58. The highest BCUT2D eigenvalue weighted by Gasteiger charge is 2.06. The second kappa shape index (κ2) is 8.75. The maximum absolute atomic E-state index is 12.0. The van der Waals surface area contributed by atoms with Crippen LogP contribution in [0.2, 0.25) is 0 Å². The molecule has 0 bridgehead atoms. The molecule has 1 N–H and O–H groups in total. The average Bonchev–Trinajstić information content (AvgIpc) is 3.09. The third-order valence-electron chi connectivity index (χ3n) is 3.69. The molecule has 0 unspecified atom stereocenters. The van der Waals surface area contributed by atoms with E-state index in [0.717, 1.165) is 17.0 Å². The van der Waals surface area contributed by atoms with Gasteiger partial charge in [-0.1, -0.05) is 23.4 Å². The number of hydrogen-bond acceptors (Lipinski definition) is 5. The Kier molecular flexibility index (Phi) is 5.92. The lowest BCUT2D eigenvalue weighted by Gasteiger charge is -2.05. The molecule has 1 aromatic carbocycles. The van der Waals surface area contributed by atoms with Crippen LogP contribution in [0, 0.1) is 6.92 Å². The van der Waals surface area contributed by atoms with Gasteiger partial charge < -0.3 is 10.1 Å². The van der Waals surface area contributed by atoms with Gasteiger partial charge in [-0.25, -0.2) is 4.98 Å². The Morgan fingerprint density at radius 2 is 2.08 bits per heavy atom. The molecule has 0 spiro atoms. The molecule has 0 radical (unpaired) electrons. The molecule has 2 heterocycles. The highest BCUT2D eigenvalue weighted by atomic mass is 16.5. The normalized spacial score (nSPS) is 10.5. The second-order valence-electron chi connectivity index (χ2n) is 5.94. The van der Waals surface area contributed by atoms with Crippen LogP contribution in [0.5, 0.6) is 5.75 Å². The van der Waals surface area contributed by atoms with Gasteiger partial charge in [-0.3, -0.25) is 9.48 Å². The van der Waals surface area contributed by atoms with Crippen molar-refractivity contribution in [1.82, 2.24) is 20.0 Å². The zero-order valence-corrected chi connectivity index (χ0v) is 14.6. The van der Waals surface area contributed by atoms with E-state index in [-0.39, 0.29) is 5.91 Å². The van der Waals surface area contributed by atoms with E-state index in [1.165, 1.54) is 0 Å². The van der Waals surface area contributed by atoms with Crippen LogP contribution in [0.3, 0.4) is 0 Å². The van der Waals surface area contributed by atoms with Crippen molar-refractivity contribution in [1.29, 1.82) is 0 Å². The van der Waals surface area contributed by atoms with Gasteiger partial charge in [0.2, 0.25) is 5.91 Å². The Morgan fingerprint density at radius 1 is 1.23 bits per heavy atom. The summed E-state index contributed by atoms with van der Waals surface area (Å²) in [5.74, 6) is 1.32. The van der Waals surface area contributed by atoms with Crippen molar-refractivity contribution in [2.45, 2.75) is 32.9 Å². The standard InChI is InChI=1S/C19H21N5O2/c1-15-9-10-20-18(12-15)21-19(25)8-5-11-24-13-16(22-23-24)14-26-17-6-3-2-4-7-17/h2-4,6-7,9-10,12-13H,5,8,11,14H2,1H3,(H,20,21,25). The first-order chi connectivity index (χ1) is 12.7. The molecule has 0 aliphatic carbocycles. The van der Waals surface area contributed by atoms with E-state index in [0.29, 0.717) is 31.8 Å². The summed E-state index contributed by atoms with van der Waals surface area (Å²) in [4.78, 5) is 16.1. The van der Waals surface area contributed by atoms with E-state index >= 15 is 0 Å². The monoisotopic (exact) mass is 351 g/mol. The minimum absolute atomic E-state index is 0.0594. The van der Waals surface area contributed by atoms with Crippen LogP contribution in [-0.2, 0) is 17.9 Å². The Balaban J connectivity index is 1.40. The minimum Gasteiger partial charge on any atom is -0.487 e.